The molecule has 0 saturated carbocycles. The third-order valence-electron chi connectivity index (χ3n) is 1.69. The topological polar surface area (TPSA) is 38.9 Å². The lowest BCUT2D eigenvalue weighted by atomic mass is 10.2. The number of nitrogens with two attached hydrogens (primary N) is 1. The predicted molar refractivity (Wildman–Crippen MR) is 57.0 cm³/mol. The van der Waals surface area contributed by atoms with E-state index in [2.05, 4.69) is 4.98 Å². The molecule has 2 rings (SSSR count). The van der Waals surface area contributed by atoms with E-state index in [1.807, 2.05) is 17.5 Å². The van der Waals surface area contributed by atoms with Crippen molar-refractivity contribution in [1.29, 1.82) is 0 Å². The first-order valence-corrected chi connectivity index (χ1v) is 4.98. The summed E-state index contributed by atoms with van der Waals surface area (Å²) in [6.07, 6.45) is 1.70. The van der Waals surface area contributed by atoms with E-state index < -0.39 is 0 Å². The van der Waals surface area contributed by atoms with Crippen LogP contribution in [-0.2, 0) is 0 Å². The second-order valence-corrected chi connectivity index (χ2v) is 3.91. The van der Waals surface area contributed by atoms with Gasteiger partial charge >= 0.3 is 0 Å². The minimum Gasteiger partial charge on any atom is -0.398 e. The lowest BCUT2D eigenvalue weighted by Crippen LogP contribution is -1.89. The van der Waals surface area contributed by atoms with Gasteiger partial charge in [0.25, 0.3) is 0 Å². The van der Waals surface area contributed by atoms with Gasteiger partial charge in [0.05, 0.1) is 0 Å². The zero-order valence-corrected chi connectivity index (χ0v) is 8.27. The van der Waals surface area contributed by atoms with E-state index in [-0.39, 0.29) is 0 Å². The zero-order valence-electron chi connectivity index (χ0n) is 6.70. The maximum Gasteiger partial charge on any atom is 0.131 e. The molecule has 0 aromatic carbocycles. The highest BCUT2D eigenvalue weighted by molar-refractivity contribution is 7.13. The number of nitrogens with zero attached hydrogens (tertiary/aromatic N) is 1. The minimum atomic E-state index is 0.429. The normalized spacial score (nSPS) is 10.2. The quantitative estimate of drug-likeness (QED) is 0.735. The van der Waals surface area contributed by atoms with Gasteiger partial charge in [-0.3, -0.25) is 0 Å². The van der Waals surface area contributed by atoms with Gasteiger partial charge < -0.3 is 5.73 Å². The van der Waals surface area contributed by atoms with Crippen molar-refractivity contribution < 1.29 is 0 Å². The highest BCUT2D eigenvalue weighted by atomic mass is 35.5. The molecule has 4 heteroatoms. The number of anilines is 1. The second-order valence-electron chi connectivity index (χ2n) is 2.57. The Kier molecular flexibility index (Phi) is 2.20. The number of hydrogen-bond acceptors (Lipinski definition) is 3. The lowest BCUT2D eigenvalue weighted by Gasteiger charge is -2.01. The Morgan fingerprint density at radius 1 is 1.46 bits per heavy atom. The van der Waals surface area contributed by atoms with Crippen LogP contribution in [0.1, 0.15) is 0 Å². The first kappa shape index (κ1) is 8.53. The van der Waals surface area contributed by atoms with Crippen molar-refractivity contribution >= 4 is 28.6 Å². The van der Waals surface area contributed by atoms with Crippen molar-refractivity contribution in [3.8, 4) is 10.4 Å². The van der Waals surface area contributed by atoms with Crippen molar-refractivity contribution in [3.05, 3.63) is 34.9 Å². The van der Waals surface area contributed by atoms with Gasteiger partial charge in [-0.05, 0) is 17.5 Å². The molecule has 2 heterocycles. The van der Waals surface area contributed by atoms with Gasteiger partial charge in [0.1, 0.15) is 5.15 Å². The van der Waals surface area contributed by atoms with Gasteiger partial charge in [0.15, 0.2) is 0 Å². The highest BCUT2D eigenvalue weighted by Crippen LogP contribution is 2.29. The summed E-state index contributed by atoms with van der Waals surface area (Å²) in [7, 11) is 0. The van der Waals surface area contributed by atoms with E-state index in [9.17, 15) is 0 Å². The summed E-state index contributed by atoms with van der Waals surface area (Å²) in [4.78, 5) is 5.10. The standard InChI is InChI=1S/C9H7ClN2S/c10-9-4-7(11)6(5-12-9)8-2-1-3-13-8/h1-5H,(H2,11,12). The highest BCUT2D eigenvalue weighted by Gasteiger charge is 2.04. The molecule has 0 saturated heterocycles. The maximum absolute atomic E-state index is 5.79. The van der Waals surface area contributed by atoms with Crippen molar-refractivity contribution in [3.63, 3.8) is 0 Å². The molecule has 0 atom stereocenters. The first-order chi connectivity index (χ1) is 6.27. The monoisotopic (exact) mass is 210 g/mol. The largest absolute Gasteiger partial charge is 0.398 e. The average molecular weight is 211 g/mol. The molecule has 2 N–H and O–H groups in total. The Morgan fingerprint density at radius 3 is 2.92 bits per heavy atom. The van der Waals surface area contributed by atoms with Crippen molar-refractivity contribution in [2.24, 2.45) is 0 Å². The molecule has 0 radical (unpaired) electrons. The van der Waals surface area contributed by atoms with Crippen LogP contribution >= 0.6 is 22.9 Å². The SMILES string of the molecule is Nc1cc(Cl)ncc1-c1cccs1. The van der Waals surface area contributed by atoms with Crippen molar-refractivity contribution in [2.45, 2.75) is 0 Å². The fourth-order valence-electron chi connectivity index (χ4n) is 1.08. The predicted octanol–water partition coefficient (Wildman–Crippen LogP) is 3.05. The molecular weight excluding hydrogens is 204 g/mol. The molecule has 0 spiro atoms. The summed E-state index contributed by atoms with van der Waals surface area (Å²) < 4.78 is 0. The lowest BCUT2D eigenvalue weighted by molar-refractivity contribution is 1.34. The average Bonchev–Trinajstić information content (AvgIpc) is 2.56. The van der Waals surface area contributed by atoms with Crippen LogP contribution in [0.3, 0.4) is 0 Å². The molecule has 2 aromatic rings. The van der Waals surface area contributed by atoms with Crippen LogP contribution in [0.5, 0.6) is 0 Å². The molecule has 66 valence electrons. The van der Waals surface area contributed by atoms with E-state index in [1.165, 1.54) is 0 Å². The molecule has 0 aliphatic heterocycles. The third-order valence-corrected chi connectivity index (χ3v) is 2.80. The van der Waals surface area contributed by atoms with E-state index in [0.717, 1.165) is 10.4 Å². The van der Waals surface area contributed by atoms with Crippen LogP contribution in [0.4, 0.5) is 5.69 Å². The molecule has 0 amide bonds. The molecule has 13 heavy (non-hydrogen) atoms. The summed E-state index contributed by atoms with van der Waals surface area (Å²) >= 11 is 7.32. The molecule has 0 bridgehead atoms. The molecule has 2 nitrogen and oxygen atoms in total. The van der Waals surface area contributed by atoms with Crippen LogP contribution in [0, 0.1) is 0 Å². The van der Waals surface area contributed by atoms with Crippen LogP contribution in [-0.4, -0.2) is 4.98 Å². The van der Waals surface area contributed by atoms with Crippen molar-refractivity contribution in [2.75, 3.05) is 5.73 Å². The first-order valence-electron chi connectivity index (χ1n) is 3.72. The fraction of sp³-hybridized carbons (Fsp3) is 0. The van der Waals surface area contributed by atoms with Gasteiger partial charge in [-0.1, -0.05) is 17.7 Å². The van der Waals surface area contributed by atoms with E-state index >= 15 is 0 Å². The van der Waals surface area contributed by atoms with Crippen LogP contribution in [0.15, 0.2) is 29.8 Å². The molecule has 0 fully saturated rings. The Balaban J connectivity index is 2.53. The number of halogens is 1. The molecule has 2 aromatic heterocycles. The number of nitrogen functional groups attached to an aromatic ring is 1. The summed E-state index contributed by atoms with van der Waals surface area (Å²) in [6.45, 7) is 0. The van der Waals surface area contributed by atoms with Crippen LogP contribution < -0.4 is 5.73 Å². The van der Waals surface area contributed by atoms with Gasteiger partial charge in [0.2, 0.25) is 0 Å². The van der Waals surface area contributed by atoms with E-state index in [1.54, 1.807) is 23.6 Å². The maximum atomic E-state index is 5.79. The Labute approximate surface area is 85.0 Å². The summed E-state index contributed by atoms with van der Waals surface area (Å²) in [5.41, 5.74) is 7.41. The van der Waals surface area contributed by atoms with Gasteiger partial charge in [0, 0.05) is 22.3 Å². The van der Waals surface area contributed by atoms with E-state index in [0.29, 0.717) is 10.8 Å². The smallest absolute Gasteiger partial charge is 0.131 e. The number of hydrogen-bond donors (Lipinski definition) is 1. The number of rotatable bonds is 1. The Morgan fingerprint density at radius 2 is 2.31 bits per heavy atom. The van der Waals surface area contributed by atoms with E-state index in [4.69, 9.17) is 17.3 Å². The van der Waals surface area contributed by atoms with Crippen LogP contribution in [0.2, 0.25) is 5.15 Å². The summed E-state index contributed by atoms with van der Waals surface area (Å²) in [6, 6.07) is 5.65. The molecular formula is C9H7ClN2S. The van der Waals surface area contributed by atoms with Gasteiger partial charge in [-0.2, -0.15) is 0 Å². The zero-order chi connectivity index (χ0) is 9.26. The Hall–Kier alpha value is -1.06. The Bertz CT molecular complexity index is 412. The van der Waals surface area contributed by atoms with Gasteiger partial charge in [-0.15, -0.1) is 11.3 Å². The molecule has 0 aliphatic rings. The van der Waals surface area contributed by atoms with Crippen LogP contribution in [0.25, 0.3) is 10.4 Å². The molecule has 0 unspecified atom stereocenters. The minimum absolute atomic E-state index is 0.429. The van der Waals surface area contributed by atoms with Gasteiger partial charge in [-0.25, -0.2) is 4.98 Å². The fourth-order valence-corrected chi connectivity index (χ4v) is 2.01. The number of pyridine rings is 1. The summed E-state index contributed by atoms with van der Waals surface area (Å²) in [5.74, 6) is 0. The second kappa shape index (κ2) is 3.36. The number of aromatic nitrogens is 1. The number of thiophene rings is 1. The van der Waals surface area contributed by atoms with Crippen molar-refractivity contribution in [1.82, 2.24) is 4.98 Å². The summed E-state index contributed by atoms with van der Waals surface area (Å²) in [5, 5.41) is 2.43. The molecule has 0 aliphatic carbocycles. The third kappa shape index (κ3) is 1.66.